The molecule has 3 heteroatoms. The van der Waals surface area contributed by atoms with Crippen LogP contribution in [0.25, 0.3) is 6.08 Å². The Balaban J connectivity index is 0.000000461. The van der Waals surface area contributed by atoms with E-state index in [1.807, 2.05) is 25.6 Å². The normalized spacial score (nSPS) is 16.9. The lowest BCUT2D eigenvalue weighted by molar-refractivity contribution is 0.891. The predicted molar refractivity (Wildman–Crippen MR) is 67.2 cm³/mol. The molecule has 0 saturated heterocycles. The van der Waals surface area contributed by atoms with Crippen LogP contribution in [0.5, 0.6) is 0 Å². The molecule has 1 aliphatic heterocycles. The summed E-state index contributed by atoms with van der Waals surface area (Å²) in [5.74, 6) is 0. The molecule has 2 rings (SSSR count). The maximum absolute atomic E-state index is 4.41. The first-order chi connectivity index (χ1) is 6.58. The smallest absolute Gasteiger partial charge is 0.118 e. The fourth-order valence-corrected chi connectivity index (χ4v) is 3.06. The van der Waals surface area contributed by atoms with E-state index in [0.717, 1.165) is 0 Å². The third kappa shape index (κ3) is 2.39. The second-order valence-electron chi connectivity index (χ2n) is 3.50. The molecule has 0 aromatic carbocycles. The van der Waals surface area contributed by atoms with Crippen molar-refractivity contribution < 1.29 is 0 Å². The van der Waals surface area contributed by atoms with Crippen LogP contribution in [0.1, 0.15) is 38.1 Å². The number of hydrogen-bond donors (Lipinski definition) is 0. The van der Waals surface area contributed by atoms with Crippen molar-refractivity contribution in [1.82, 2.24) is 4.37 Å². The highest BCUT2D eigenvalue weighted by Crippen LogP contribution is 2.41. The Morgan fingerprint density at radius 1 is 1.29 bits per heavy atom. The van der Waals surface area contributed by atoms with Gasteiger partial charge >= 0.3 is 0 Å². The van der Waals surface area contributed by atoms with Crippen molar-refractivity contribution in [2.45, 2.75) is 44.4 Å². The summed E-state index contributed by atoms with van der Waals surface area (Å²) in [4.78, 5) is 1.32. The summed E-state index contributed by atoms with van der Waals surface area (Å²) in [6.45, 7) is 10.6. The number of nitrogens with zero attached hydrogens (tertiary/aromatic N) is 1. The summed E-state index contributed by atoms with van der Waals surface area (Å²) in [7, 11) is 0. The maximum atomic E-state index is 4.41. The molecule has 0 spiro atoms. The van der Waals surface area contributed by atoms with Crippen LogP contribution in [-0.2, 0) is 0 Å². The maximum Gasteiger partial charge on any atom is 0.118 e. The second-order valence-corrected chi connectivity index (χ2v) is 6.12. The van der Waals surface area contributed by atoms with Crippen LogP contribution < -0.4 is 0 Å². The van der Waals surface area contributed by atoms with Crippen LogP contribution in [0.3, 0.4) is 0 Å². The highest BCUT2D eigenvalue weighted by molar-refractivity contribution is 8.00. The summed E-state index contributed by atoms with van der Waals surface area (Å²) in [6, 6.07) is 0. The molecular formula is C11H17NS2. The van der Waals surface area contributed by atoms with Crippen LogP contribution in [0.15, 0.2) is 11.1 Å². The summed E-state index contributed by atoms with van der Waals surface area (Å²) >= 11 is 3.45. The fourth-order valence-electron chi connectivity index (χ4n) is 1.19. The Labute approximate surface area is 94.8 Å². The second kappa shape index (κ2) is 4.49. The lowest BCUT2D eigenvalue weighted by Crippen LogP contribution is -2.12. The summed E-state index contributed by atoms with van der Waals surface area (Å²) in [5.41, 5.74) is 1.32. The topological polar surface area (TPSA) is 12.9 Å². The van der Waals surface area contributed by atoms with Gasteiger partial charge in [0.2, 0.25) is 0 Å². The largest absolute Gasteiger partial charge is 0.185 e. The number of hydrogen-bond acceptors (Lipinski definition) is 3. The van der Waals surface area contributed by atoms with Crippen molar-refractivity contribution in [3.63, 3.8) is 0 Å². The van der Waals surface area contributed by atoms with Gasteiger partial charge in [0, 0.05) is 15.2 Å². The van der Waals surface area contributed by atoms with E-state index in [9.17, 15) is 0 Å². The Morgan fingerprint density at radius 2 is 1.93 bits per heavy atom. The Morgan fingerprint density at radius 3 is 2.57 bits per heavy atom. The first kappa shape index (κ1) is 11.8. The summed E-state index contributed by atoms with van der Waals surface area (Å²) < 4.78 is 4.62. The third-order valence-electron chi connectivity index (χ3n) is 1.89. The monoisotopic (exact) mass is 227 g/mol. The van der Waals surface area contributed by atoms with E-state index in [1.165, 1.54) is 15.5 Å². The van der Waals surface area contributed by atoms with E-state index in [0.29, 0.717) is 0 Å². The molecule has 0 N–H and O–H groups in total. The molecule has 0 unspecified atom stereocenters. The molecule has 1 aliphatic rings. The van der Waals surface area contributed by atoms with Gasteiger partial charge in [-0.2, -0.15) is 4.37 Å². The zero-order valence-electron chi connectivity index (χ0n) is 9.42. The van der Waals surface area contributed by atoms with Gasteiger partial charge < -0.3 is 0 Å². The fraction of sp³-hybridized carbons (Fsp3) is 0.545. The molecule has 0 radical (unpaired) electrons. The van der Waals surface area contributed by atoms with Gasteiger partial charge in [-0.25, -0.2) is 0 Å². The van der Waals surface area contributed by atoms with Crippen LogP contribution in [0, 0.1) is 6.92 Å². The minimum absolute atomic E-state index is 0.216. The molecule has 0 atom stereocenters. The molecule has 78 valence electrons. The van der Waals surface area contributed by atoms with Crippen molar-refractivity contribution in [1.29, 1.82) is 0 Å². The molecule has 0 bridgehead atoms. The molecule has 1 aromatic heterocycles. The number of thioether (sulfide) groups is 1. The van der Waals surface area contributed by atoms with Gasteiger partial charge in [-0.3, -0.25) is 0 Å². The van der Waals surface area contributed by atoms with Crippen LogP contribution in [0.2, 0.25) is 0 Å². The van der Waals surface area contributed by atoms with Gasteiger partial charge in [-0.15, -0.1) is 0 Å². The van der Waals surface area contributed by atoms with Crippen molar-refractivity contribution in [2.24, 2.45) is 0 Å². The zero-order valence-corrected chi connectivity index (χ0v) is 11.1. The van der Waals surface area contributed by atoms with E-state index in [1.54, 1.807) is 11.5 Å². The zero-order chi connectivity index (χ0) is 10.8. The van der Waals surface area contributed by atoms with Gasteiger partial charge in [-0.1, -0.05) is 37.8 Å². The van der Waals surface area contributed by atoms with Gasteiger partial charge in [-0.05, 0) is 32.3 Å². The molecule has 0 amide bonds. The Bertz CT molecular complexity index is 337. The Kier molecular flexibility index (Phi) is 3.78. The average molecular weight is 227 g/mol. The molecular weight excluding hydrogens is 210 g/mol. The molecule has 1 aromatic rings. The van der Waals surface area contributed by atoms with E-state index >= 15 is 0 Å². The van der Waals surface area contributed by atoms with Crippen LogP contribution >= 0.6 is 23.3 Å². The number of aryl methyl sites for hydroxylation is 1. The minimum atomic E-state index is 0.216. The van der Waals surface area contributed by atoms with Crippen molar-refractivity contribution in [2.75, 3.05) is 0 Å². The average Bonchev–Trinajstić information content (AvgIpc) is 2.49. The predicted octanol–water partition coefficient (Wildman–Crippen LogP) is 4.38. The molecule has 0 aliphatic carbocycles. The molecule has 1 nitrogen and oxygen atoms in total. The van der Waals surface area contributed by atoms with E-state index < -0.39 is 0 Å². The number of fused-ring (bicyclic) bond motifs is 1. The molecule has 2 heterocycles. The molecule has 0 saturated carbocycles. The molecule has 0 fully saturated rings. The third-order valence-corrected chi connectivity index (χ3v) is 3.94. The Hall–Kier alpha value is -0.280. The van der Waals surface area contributed by atoms with Crippen molar-refractivity contribution in [3.05, 3.63) is 16.5 Å². The highest BCUT2D eigenvalue weighted by atomic mass is 32.2. The van der Waals surface area contributed by atoms with Gasteiger partial charge in [0.25, 0.3) is 0 Å². The summed E-state index contributed by atoms with van der Waals surface area (Å²) in [6.07, 6.45) is 4.45. The number of rotatable bonds is 0. The van der Waals surface area contributed by atoms with E-state index in [2.05, 4.69) is 37.3 Å². The van der Waals surface area contributed by atoms with Crippen molar-refractivity contribution in [3.8, 4) is 0 Å². The van der Waals surface area contributed by atoms with Gasteiger partial charge in [0.05, 0.1) is 0 Å². The van der Waals surface area contributed by atoms with E-state index in [-0.39, 0.29) is 4.75 Å². The number of aromatic nitrogens is 1. The summed E-state index contributed by atoms with van der Waals surface area (Å²) in [5, 5.41) is 1.20. The molecule has 14 heavy (non-hydrogen) atoms. The van der Waals surface area contributed by atoms with Gasteiger partial charge in [0.15, 0.2) is 0 Å². The SMILES string of the molecule is CC.Cc1snc2c1C=CC(C)(C)S2. The lowest BCUT2D eigenvalue weighted by Gasteiger charge is -2.22. The highest BCUT2D eigenvalue weighted by Gasteiger charge is 2.24. The lowest BCUT2D eigenvalue weighted by atomic mass is 10.1. The van der Waals surface area contributed by atoms with E-state index in [4.69, 9.17) is 0 Å². The first-order valence-electron chi connectivity index (χ1n) is 4.93. The van der Waals surface area contributed by atoms with Crippen molar-refractivity contribution >= 4 is 29.4 Å². The van der Waals surface area contributed by atoms with Crippen LogP contribution in [-0.4, -0.2) is 9.12 Å². The van der Waals surface area contributed by atoms with Gasteiger partial charge in [0.1, 0.15) is 5.03 Å². The first-order valence-corrected chi connectivity index (χ1v) is 6.52. The minimum Gasteiger partial charge on any atom is -0.185 e. The standard InChI is InChI=1S/C9H11NS2.C2H6/c1-6-7-4-5-9(2,3)11-8(7)10-12-6;1-2/h4-5H,1-3H3;1-2H3. The van der Waals surface area contributed by atoms with Crippen LogP contribution in [0.4, 0.5) is 0 Å². The quantitative estimate of drug-likeness (QED) is 0.652.